The molecule has 2 nitrogen and oxygen atoms in total. The van der Waals surface area contributed by atoms with Crippen molar-refractivity contribution < 1.29 is 9.47 Å². The van der Waals surface area contributed by atoms with Gasteiger partial charge in [-0.25, -0.2) is 0 Å². The molecule has 0 saturated heterocycles. The molecule has 1 aliphatic heterocycles. The Hall–Kier alpha value is -1.48. The van der Waals surface area contributed by atoms with E-state index in [9.17, 15) is 0 Å². The molecule has 0 N–H and O–H groups in total. The predicted octanol–water partition coefficient (Wildman–Crippen LogP) is 3.42. The molecule has 70 valence electrons. The Bertz CT molecular complexity index is 479. The van der Waals surface area contributed by atoms with Crippen molar-refractivity contribution in [1.29, 1.82) is 0 Å². The van der Waals surface area contributed by atoms with Gasteiger partial charge in [0.2, 0.25) is 0 Å². The molecule has 2 heterocycles. The molecule has 1 aromatic heterocycles. The van der Waals surface area contributed by atoms with Crippen LogP contribution < -0.4 is 0 Å². The molecule has 0 fully saturated rings. The Kier molecular flexibility index (Phi) is 1.70. The third-order valence-corrected chi connectivity index (χ3v) is 3.11. The van der Waals surface area contributed by atoms with Crippen LogP contribution in [-0.4, -0.2) is 0 Å². The van der Waals surface area contributed by atoms with E-state index in [-0.39, 0.29) is 6.29 Å². The van der Waals surface area contributed by atoms with E-state index >= 15 is 0 Å². The van der Waals surface area contributed by atoms with Gasteiger partial charge >= 0.3 is 0 Å². The SMILES string of the molecule is C1=COC(c2ccc3sccc3c2)O1. The molecule has 0 bridgehead atoms. The van der Waals surface area contributed by atoms with Gasteiger partial charge in [0.15, 0.2) is 0 Å². The summed E-state index contributed by atoms with van der Waals surface area (Å²) in [5.41, 5.74) is 1.06. The standard InChI is InChI=1S/C11H8O2S/c1-2-10-8(3-6-14-10)7-9(1)11-12-4-5-13-11/h1-7,11H. The average Bonchev–Trinajstić information content (AvgIpc) is 2.88. The molecule has 0 spiro atoms. The van der Waals surface area contributed by atoms with Crippen molar-refractivity contribution in [3.8, 4) is 0 Å². The van der Waals surface area contributed by atoms with E-state index in [0.29, 0.717) is 0 Å². The van der Waals surface area contributed by atoms with Crippen LogP contribution in [0.15, 0.2) is 42.2 Å². The summed E-state index contributed by atoms with van der Waals surface area (Å²) in [4.78, 5) is 0. The number of thiophene rings is 1. The fourth-order valence-electron chi connectivity index (χ4n) is 1.53. The highest BCUT2D eigenvalue weighted by molar-refractivity contribution is 7.17. The molecule has 0 aliphatic carbocycles. The quantitative estimate of drug-likeness (QED) is 0.708. The Morgan fingerprint density at radius 3 is 2.79 bits per heavy atom. The first-order chi connectivity index (χ1) is 6.93. The molecule has 0 saturated carbocycles. The smallest absolute Gasteiger partial charge is 0.266 e. The van der Waals surface area contributed by atoms with Crippen molar-refractivity contribution in [3.05, 3.63) is 47.7 Å². The first kappa shape index (κ1) is 7.88. The van der Waals surface area contributed by atoms with Crippen molar-refractivity contribution in [2.24, 2.45) is 0 Å². The maximum Gasteiger partial charge on any atom is 0.266 e. The molecule has 0 radical (unpaired) electrons. The van der Waals surface area contributed by atoms with Crippen LogP contribution in [0.1, 0.15) is 11.9 Å². The maximum absolute atomic E-state index is 5.27. The summed E-state index contributed by atoms with van der Waals surface area (Å²) in [5.74, 6) is 0. The van der Waals surface area contributed by atoms with Crippen LogP contribution in [0.4, 0.5) is 0 Å². The van der Waals surface area contributed by atoms with E-state index in [1.54, 1.807) is 23.9 Å². The third-order valence-electron chi connectivity index (χ3n) is 2.21. The Morgan fingerprint density at radius 2 is 1.93 bits per heavy atom. The molecule has 3 heteroatoms. The first-order valence-electron chi connectivity index (χ1n) is 4.36. The lowest BCUT2D eigenvalue weighted by molar-refractivity contribution is -0.0244. The zero-order valence-electron chi connectivity index (χ0n) is 7.34. The molecule has 0 unspecified atom stereocenters. The molecule has 3 rings (SSSR count). The fraction of sp³-hybridized carbons (Fsp3) is 0.0909. The zero-order chi connectivity index (χ0) is 9.38. The highest BCUT2D eigenvalue weighted by Crippen LogP contribution is 2.28. The van der Waals surface area contributed by atoms with Crippen molar-refractivity contribution in [3.63, 3.8) is 0 Å². The largest absolute Gasteiger partial charge is 0.455 e. The van der Waals surface area contributed by atoms with Gasteiger partial charge in [0.05, 0.1) is 0 Å². The summed E-state index contributed by atoms with van der Waals surface area (Å²) >= 11 is 1.74. The summed E-state index contributed by atoms with van der Waals surface area (Å²) in [6.07, 6.45) is 2.88. The van der Waals surface area contributed by atoms with E-state index in [1.807, 2.05) is 6.07 Å². The minimum absolute atomic E-state index is 0.265. The summed E-state index contributed by atoms with van der Waals surface area (Å²) in [6.45, 7) is 0. The number of hydrogen-bond acceptors (Lipinski definition) is 3. The molecule has 0 atom stereocenters. The summed E-state index contributed by atoms with van der Waals surface area (Å²) < 4.78 is 11.8. The van der Waals surface area contributed by atoms with Crippen LogP contribution in [-0.2, 0) is 9.47 Å². The van der Waals surface area contributed by atoms with Gasteiger partial charge in [-0.05, 0) is 29.0 Å². The normalized spacial score (nSPS) is 15.7. The average molecular weight is 204 g/mol. The van der Waals surface area contributed by atoms with Gasteiger partial charge in [-0.2, -0.15) is 0 Å². The van der Waals surface area contributed by atoms with Gasteiger partial charge in [-0.15, -0.1) is 11.3 Å². The van der Waals surface area contributed by atoms with E-state index in [0.717, 1.165) is 5.56 Å². The van der Waals surface area contributed by atoms with Gasteiger partial charge < -0.3 is 9.47 Å². The number of rotatable bonds is 1. The second kappa shape index (κ2) is 3.03. The van der Waals surface area contributed by atoms with Crippen molar-refractivity contribution >= 4 is 21.4 Å². The second-order valence-electron chi connectivity index (χ2n) is 3.09. The monoisotopic (exact) mass is 204 g/mol. The maximum atomic E-state index is 5.27. The topological polar surface area (TPSA) is 18.5 Å². The molecular weight excluding hydrogens is 196 g/mol. The van der Waals surface area contributed by atoms with Crippen molar-refractivity contribution in [2.75, 3.05) is 0 Å². The molecule has 2 aromatic rings. The number of ether oxygens (including phenoxy) is 2. The van der Waals surface area contributed by atoms with Crippen molar-refractivity contribution in [2.45, 2.75) is 6.29 Å². The summed E-state index contributed by atoms with van der Waals surface area (Å²) in [7, 11) is 0. The van der Waals surface area contributed by atoms with Gasteiger partial charge in [0.25, 0.3) is 6.29 Å². The fourth-order valence-corrected chi connectivity index (χ4v) is 2.30. The lowest BCUT2D eigenvalue weighted by Crippen LogP contribution is -1.96. The summed E-state index contributed by atoms with van der Waals surface area (Å²) in [6, 6.07) is 8.34. The van der Waals surface area contributed by atoms with Crippen LogP contribution in [0.2, 0.25) is 0 Å². The first-order valence-corrected chi connectivity index (χ1v) is 5.24. The molecular formula is C11H8O2S. The molecule has 0 amide bonds. The Balaban J connectivity index is 2.04. The van der Waals surface area contributed by atoms with Crippen LogP contribution in [0, 0.1) is 0 Å². The number of fused-ring (bicyclic) bond motifs is 1. The van der Waals surface area contributed by atoms with Crippen molar-refractivity contribution in [1.82, 2.24) is 0 Å². The zero-order valence-corrected chi connectivity index (χ0v) is 8.16. The highest BCUT2D eigenvalue weighted by atomic mass is 32.1. The Morgan fingerprint density at radius 1 is 1.07 bits per heavy atom. The Labute approximate surface area is 85.4 Å². The van der Waals surface area contributed by atoms with E-state index < -0.39 is 0 Å². The minimum Gasteiger partial charge on any atom is -0.455 e. The van der Waals surface area contributed by atoms with Crippen LogP contribution in [0.3, 0.4) is 0 Å². The lowest BCUT2D eigenvalue weighted by atomic mass is 10.1. The number of hydrogen-bond donors (Lipinski definition) is 0. The van der Waals surface area contributed by atoms with Gasteiger partial charge in [-0.3, -0.25) is 0 Å². The van der Waals surface area contributed by atoms with Crippen LogP contribution >= 0.6 is 11.3 Å². The second-order valence-corrected chi connectivity index (χ2v) is 4.04. The van der Waals surface area contributed by atoms with E-state index in [1.165, 1.54) is 10.1 Å². The van der Waals surface area contributed by atoms with Gasteiger partial charge in [-0.1, -0.05) is 6.07 Å². The van der Waals surface area contributed by atoms with Gasteiger partial charge in [0, 0.05) is 10.3 Å². The molecule has 14 heavy (non-hydrogen) atoms. The van der Waals surface area contributed by atoms with Crippen LogP contribution in [0.5, 0.6) is 0 Å². The van der Waals surface area contributed by atoms with Crippen LogP contribution in [0.25, 0.3) is 10.1 Å². The molecule has 1 aromatic carbocycles. The lowest BCUT2D eigenvalue weighted by Gasteiger charge is -2.09. The molecule has 1 aliphatic rings. The minimum atomic E-state index is -0.265. The number of benzene rings is 1. The van der Waals surface area contributed by atoms with E-state index in [2.05, 4.69) is 23.6 Å². The van der Waals surface area contributed by atoms with Gasteiger partial charge in [0.1, 0.15) is 12.5 Å². The van der Waals surface area contributed by atoms with E-state index in [4.69, 9.17) is 9.47 Å². The predicted molar refractivity (Wildman–Crippen MR) is 55.9 cm³/mol. The summed E-state index contributed by atoms with van der Waals surface area (Å²) in [5, 5.41) is 3.33. The highest BCUT2D eigenvalue weighted by Gasteiger charge is 2.15. The third kappa shape index (κ3) is 1.17.